The van der Waals surface area contributed by atoms with Crippen molar-refractivity contribution in [3.05, 3.63) is 48.6 Å². The number of carboxylic acids is 1. The van der Waals surface area contributed by atoms with Crippen LogP contribution in [0.2, 0.25) is 0 Å². The molecule has 0 saturated heterocycles. The van der Waals surface area contributed by atoms with Crippen molar-refractivity contribution in [1.29, 1.82) is 0 Å². The quantitative estimate of drug-likeness (QED) is 0.693. The Balaban J connectivity index is 1.82. The van der Waals surface area contributed by atoms with Gasteiger partial charge in [0, 0.05) is 12.0 Å². The molecule has 2 rings (SSSR count). The predicted molar refractivity (Wildman–Crippen MR) is 75.5 cm³/mol. The fourth-order valence-corrected chi connectivity index (χ4v) is 2.18. The number of urea groups is 1. The Hall–Kier alpha value is -2.30. The number of carbonyl (C=O) groups is 2. The zero-order valence-electron chi connectivity index (χ0n) is 11.1. The number of nitrogens with one attached hydrogen (secondary N) is 2. The maximum atomic E-state index is 11.7. The summed E-state index contributed by atoms with van der Waals surface area (Å²) in [6.07, 6.45) is 2.56. The lowest BCUT2D eigenvalue weighted by atomic mass is 10.1. The first-order chi connectivity index (χ1) is 9.61. The molecule has 0 spiro atoms. The molecule has 20 heavy (non-hydrogen) atoms. The first kappa shape index (κ1) is 14.1. The van der Waals surface area contributed by atoms with Crippen LogP contribution in [0.3, 0.4) is 0 Å². The van der Waals surface area contributed by atoms with Gasteiger partial charge in [0.25, 0.3) is 0 Å². The van der Waals surface area contributed by atoms with E-state index in [0.29, 0.717) is 5.92 Å². The van der Waals surface area contributed by atoms with Crippen LogP contribution in [0.5, 0.6) is 0 Å². The van der Waals surface area contributed by atoms with Crippen LogP contribution in [0.1, 0.15) is 24.3 Å². The van der Waals surface area contributed by atoms with E-state index in [1.54, 1.807) is 0 Å². The van der Waals surface area contributed by atoms with Crippen LogP contribution in [0.15, 0.2) is 43.0 Å². The molecule has 0 bridgehead atoms. The number of carboxylic acid groups (broad SMARTS) is 1. The second kappa shape index (κ2) is 6.23. The highest BCUT2D eigenvalue weighted by Crippen LogP contribution is 2.40. The fourth-order valence-electron chi connectivity index (χ4n) is 2.18. The lowest BCUT2D eigenvalue weighted by molar-refractivity contribution is -0.139. The van der Waals surface area contributed by atoms with Crippen LogP contribution >= 0.6 is 0 Å². The molecule has 1 fully saturated rings. The van der Waals surface area contributed by atoms with Crippen molar-refractivity contribution in [2.45, 2.75) is 30.8 Å². The van der Waals surface area contributed by atoms with Gasteiger partial charge >= 0.3 is 12.0 Å². The van der Waals surface area contributed by atoms with Gasteiger partial charge in [0.2, 0.25) is 0 Å². The first-order valence-electron chi connectivity index (χ1n) is 6.57. The molecule has 5 heteroatoms. The minimum atomic E-state index is -1.06. The number of amides is 2. The second-order valence-electron chi connectivity index (χ2n) is 4.89. The normalized spacial score (nSPS) is 21.6. The van der Waals surface area contributed by atoms with Crippen LogP contribution in [0.25, 0.3) is 0 Å². The van der Waals surface area contributed by atoms with Gasteiger partial charge in [-0.05, 0) is 18.4 Å². The van der Waals surface area contributed by atoms with Crippen LogP contribution in [-0.2, 0) is 4.79 Å². The molecule has 3 unspecified atom stereocenters. The molecular formula is C15H18N2O3. The zero-order chi connectivity index (χ0) is 14.5. The molecule has 0 radical (unpaired) electrons. The van der Waals surface area contributed by atoms with Crippen LogP contribution in [0, 0.1) is 0 Å². The van der Waals surface area contributed by atoms with Gasteiger partial charge in [-0.15, -0.1) is 6.58 Å². The monoisotopic (exact) mass is 274 g/mol. The molecule has 2 amide bonds. The van der Waals surface area contributed by atoms with Crippen molar-refractivity contribution < 1.29 is 14.7 Å². The van der Waals surface area contributed by atoms with Crippen molar-refractivity contribution >= 4 is 12.0 Å². The summed E-state index contributed by atoms with van der Waals surface area (Å²) in [5.74, 6) is -0.736. The highest BCUT2D eigenvalue weighted by Gasteiger charge is 2.39. The molecule has 3 N–H and O–H groups in total. The minimum absolute atomic E-state index is 0.0792. The van der Waals surface area contributed by atoms with Crippen molar-refractivity contribution in [3.8, 4) is 0 Å². The van der Waals surface area contributed by atoms with E-state index in [4.69, 9.17) is 5.11 Å². The van der Waals surface area contributed by atoms with Gasteiger partial charge in [0.05, 0.1) is 0 Å². The second-order valence-corrected chi connectivity index (χ2v) is 4.89. The van der Waals surface area contributed by atoms with Crippen molar-refractivity contribution in [1.82, 2.24) is 10.6 Å². The van der Waals surface area contributed by atoms with Gasteiger partial charge in [-0.25, -0.2) is 9.59 Å². The summed E-state index contributed by atoms with van der Waals surface area (Å²) in [4.78, 5) is 22.7. The number of rotatable bonds is 6. The fraction of sp³-hybridized carbons (Fsp3) is 0.333. The predicted octanol–water partition coefficient (Wildman–Crippen LogP) is 1.87. The number of hydrogen-bond donors (Lipinski definition) is 3. The Morgan fingerprint density at radius 3 is 2.70 bits per heavy atom. The van der Waals surface area contributed by atoms with Crippen LogP contribution in [-0.4, -0.2) is 29.2 Å². The maximum absolute atomic E-state index is 11.7. The van der Waals surface area contributed by atoms with Crippen molar-refractivity contribution in [2.24, 2.45) is 0 Å². The molecule has 1 aliphatic rings. The summed E-state index contributed by atoms with van der Waals surface area (Å²) in [7, 11) is 0. The summed E-state index contributed by atoms with van der Waals surface area (Å²) in [5.41, 5.74) is 1.19. The molecule has 0 aliphatic heterocycles. The van der Waals surface area contributed by atoms with E-state index in [0.717, 1.165) is 6.42 Å². The summed E-state index contributed by atoms with van der Waals surface area (Å²) in [6.45, 7) is 3.48. The van der Waals surface area contributed by atoms with E-state index < -0.39 is 18.0 Å². The largest absolute Gasteiger partial charge is 0.480 e. The van der Waals surface area contributed by atoms with E-state index in [2.05, 4.69) is 17.2 Å². The summed E-state index contributed by atoms with van der Waals surface area (Å²) in [6, 6.07) is 8.65. The van der Waals surface area contributed by atoms with Gasteiger partial charge in [0.1, 0.15) is 6.04 Å². The third-order valence-corrected chi connectivity index (χ3v) is 3.34. The molecule has 3 atom stereocenters. The average molecular weight is 274 g/mol. The SMILES string of the molecule is C=CCC(NC(=O)NC1CC1c1ccccc1)C(=O)O. The highest BCUT2D eigenvalue weighted by atomic mass is 16.4. The lowest BCUT2D eigenvalue weighted by Crippen LogP contribution is -2.46. The van der Waals surface area contributed by atoms with Crippen LogP contribution in [0.4, 0.5) is 4.79 Å². The zero-order valence-corrected chi connectivity index (χ0v) is 11.1. The van der Waals surface area contributed by atoms with Crippen molar-refractivity contribution in [3.63, 3.8) is 0 Å². The van der Waals surface area contributed by atoms with E-state index >= 15 is 0 Å². The molecule has 106 valence electrons. The molecule has 1 aromatic rings. The maximum Gasteiger partial charge on any atom is 0.326 e. The smallest absolute Gasteiger partial charge is 0.326 e. The third-order valence-electron chi connectivity index (χ3n) is 3.34. The van der Waals surface area contributed by atoms with Gasteiger partial charge in [-0.3, -0.25) is 0 Å². The number of carbonyl (C=O) groups excluding carboxylic acids is 1. The third kappa shape index (κ3) is 3.60. The van der Waals surface area contributed by atoms with Gasteiger partial charge in [-0.1, -0.05) is 36.4 Å². The Morgan fingerprint density at radius 1 is 1.40 bits per heavy atom. The van der Waals surface area contributed by atoms with Crippen LogP contribution < -0.4 is 10.6 Å². The van der Waals surface area contributed by atoms with E-state index in [1.165, 1.54) is 11.6 Å². The summed E-state index contributed by atoms with van der Waals surface area (Å²) in [5, 5.41) is 14.2. The topological polar surface area (TPSA) is 78.4 Å². The van der Waals surface area contributed by atoms with E-state index in [-0.39, 0.29) is 12.5 Å². The lowest BCUT2D eigenvalue weighted by Gasteiger charge is -2.13. The summed E-state index contributed by atoms with van der Waals surface area (Å²) < 4.78 is 0. The van der Waals surface area contributed by atoms with Crippen molar-refractivity contribution in [2.75, 3.05) is 0 Å². The molecule has 0 heterocycles. The minimum Gasteiger partial charge on any atom is -0.480 e. The molecule has 1 aromatic carbocycles. The Bertz CT molecular complexity index is 501. The van der Waals surface area contributed by atoms with E-state index in [9.17, 15) is 9.59 Å². The number of hydrogen-bond acceptors (Lipinski definition) is 2. The van der Waals surface area contributed by atoms with Gasteiger partial charge in [-0.2, -0.15) is 0 Å². The Labute approximate surface area is 117 Å². The van der Waals surface area contributed by atoms with Gasteiger partial charge < -0.3 is 15.7 Å². The first-order valence-corrected chi connectivity index (χ1v) is 6.57. The van der Waals surface area contributed by atoms with E-state index in [1.807, 2.05) is 30.3 Å². The molecule has 1 saturated carbocycles. The number of benzene rings is 1. The Morgan fingerprint density at radius 2 is 2.10 bits per heavy atom. The van der Waals surface area contributed by atoms with Gasteiger partial charge in [0.15, 0.2) is 0 Å². The molecule has 1 aliphatic carbocycles. The number of aliphatic carboxylic acids is 1. The molecule has 0 aromatic heterocycles. The standard InChI is InChI=1S/C15H18N2O3/c1-2-6-12(14(18)19)16-15(20)17-13-9-11(13)10-7-4-3-5-8-10/h2-5,7-8,11-13H,1,6,9H2,(H,18,19)(H2,16,17,20). The summed E-state index contributed by atoms with van der Waals surface area (Å²) >= 11 is 0. The Kier molecular flexibility index (Phi) is 4.40. The molecule has 5 nitrogen and oxygen atoms in total. The highest BCUT2D eigenvalue weighted by molar-refractivity contribution is 5.83. The molecular weight excluding hydrogens is 256 g/mol. The average Bonchev–Trinajstić information content (AvgIpc) is 3.18.